The van der Waals surface area contributed by atoms with E-state index in [9.17, 15) is 0 Å². The SMILES string of the molecule is CC1CCC(C(C)C)C(OCCNCc2cccs2)C1. The van der Waals surface area contributed by atoms with E-state index in [1.54, 1.807) is 0 Å². The molecule has 114 valence electrons. The summed E-state index contributed by atoms with van der Waals surface area (Å²) >= 11 is 1.81. The first-order chi connectivity index (χ1) is 9.66. The van der Waals surface area contributed by atoms with E-state index < -0.39 is 0 Å². The van der Waals surface area contributed by atoms with Crippen molar-refractivity contribution in [1.82, 2.24) is 5.32 Å². The van der Waals surface area contributed by atoms with E-state index in [4.69, 9.17) is 4.74 Å². The van der Waals surface area contributed by atoms with Crippen LogP contribution in [0.2, 0.25) is 0 Å². The molecule has 1 saturated carbocycles. The zero-order chi connectivity index (χ0) is 14.4. The van der Waals surface area contributed by atoms with Crippen molar-refractivity contribution in [2.45, 2.75) is 52.7 Å². The summed E-state index contributed by atoms with van der Waals surface area (Å²) < 4.78 is 6.19. The Morgan fingerprint density at radius 1 is 1.40 bits per heavy atom. The Morgan fingerprint density at radius 2 is 2.25 bits per heavy atom. The van der Waals surface area contributed by atoms with Crippen LogP contribution in [0.25, 0.3) is 0 Å². The van der Waals surface area contributed by atoms with E-state index in [0.29, 0.717) is 6.10 Å². The van der Waals surface area contributed by atoms with Gasteiger partial charge in [-0.25, -0.2) is 0 Å². The third-order valence-corrected chi connectivity index (χ3v) is 5.33. The minimum Gasteiger partial charge on any atom is -0.377 e. The van der Waals surface area contributed by atoms with Gasteiger partial charge in [-0.15, -0.1) is 11.3 Å². The monoisotopic (exact) mass is 295 g/mol. The molecule has 0 amide bonds. The van der Waals surface area contributed by atoms with Crippen LogP contribution in [0.1, 0.15) is 44.9 Å². The van der Waals surface area contributed by atoms with Crippen molar-refractivity contribution in [3.8, 4) is 0 Å². The second-order valence-corrected chi connectivity index (χ2v) is 7.52. The van der Waals surface area contributed by atoms with E-state index in [1.807, 2.05) is 11.3 Å². The topological polar surface area (TPSA) is 21.3 Å². The van der Waals surface area contributed by atoms with E-state index in [0.717, 1.165) is 37.5 Å². The summed E-state index contributed by atoms with van der Waals surface area (Å²) in [6.07, 6.45) is 4.43. The van der Waals surface area contributed by atoms with Gasteiger partial charge >= 0.3 is 0 Å². The van der Waals surface area contributed by atoms with Gasteiger partial charge in [-0.3, -0.25) is 0 Å². The van der Waals surface area contributed by atoms with E-state index in [2.05, 4.69) is 43.6 Å². The normalized spacial score (nSPS) is 27.1. The van der Waals surface area contributed by atoms with Crippen LogP contribution in [0, 0.1) is 17.8 Å². The molecule has 0 aliphatic heterocycles. The second kappa shape index (κ2) is 8.16. The molecule has 3 unspecified atom stereocenters. The Morgan fingerprint density at radius 3 is 2.95 bits per heavy atom. The van der Waals surface area contributed by atoms with Crippen molar-refractivity contribution in [1.29, 1.82) is 0 Å². The van der Waals surface area contributed by atoms with Gasteiger partial charge in [0, 0.05) is 18.0 Å². The number of rotatable bonds is 7. The molecule has 0 spiro atoms. The molecule has 1 aliphatic carbocycles. The van der Waals surface area contributed by atoms with Gasteiger partial charge in [0.15, 0.2) is 0 Å². The van der Waals surface area contributed by atoms with Crippen molar-refractivity contribution in [3.63, 3.8) is 0 Å². The number of ether oxygens (including phenoxy) is 1. The maximum atomic E-state index is 6.19. The quantitative estimate of drug-likeness (QED) is 0.757. The molecule has 1 aromatic heterocycles. The van der Waals surface area contributed by atoms with E-state index >= 15 is 0 Å². The van der Waals surface area contributed by atoms with Crippen LogP contribution < -0.4 is 5.32 Å². The molecule has 0 bridgehead atoms. The smallest absolute Gasteiger partial charge is 0.0608 e. The van der Waals surface area contributed by atoms with Crippen molar-refractivity contribution in [3.05, 3.63) is 22.4 Å². The van der Waals surface area contributed by atoms with Crippen molar-refractivity contribution >= 4 is 11.3 Å². The predicted octanol–water partition coefficient (Wildman–Crippen LogP) is 4.32. The van der Waals surface area contributed by atoms with Gasteiger partial charge in [-0.1, -0.05) is 33.3 Å². The third kappa shape index (κ3) is 4.87. The van der Waals surface area contributed by atoms with Gasteiger partial charge in [0.05, 0.1) is 12.7 Å². The van der Waals surface area contributed by atoms with Crippen molar-refractivity contribution in [2.75, 3.05) is 13.2 Å². The number of nitrogens with one attached hydrogen (secondary N) is 1. The first-order valence-corrected chi connectivity index (χ1v) is 8.89. The highest BCUT2D eigenvalue weighted by Gasteiger charge is 2.31. The summed E-state index contributed by atoms with van der Waals surface area (Å²) in [6.45, 7) is 9.80. The van der Waals surface area contributed by atoms with Crippen LogP contribution in [-0.2, 0) is 11.3 Å². The van der Waals surface area contributed by atoms with Gasteiger partial charge in [0.1, 0.15) is 0 Å². The Kier molecular flexibility index (Phi) is 6.53. The fourth-order valence-electron chi connectivity index (χ4n) is 3.21. The standard InChI is InChI=1S/C17H29NOS/c1-13(2)16-7-6-14(3)11-17(16)19-9-8-18-12-15-5-4-10-20-15/h4-5,10,13-14,16-18H,6-9,11-12H2,1-3H3. The summed E-state index contributed by atoms with van der Waals surface area (Å²) in [5.41, 5.74) is 0. The van der Waals surface area contributed by atoms with Crippen LogP contribution in [0.5, 0.6) is 0 Å². The van der Waals surface area contributed by atoms with Crippen LogP contribution in [-0.4, -0.2) is 19.3 Å². The maximum absolute atomic E-state index is 6.19. The molecule has 2 nitrogen and oxygen atoms in total. The number of hydrogen-bond acceptors (Lipinski definition) is 3. The van der Waals surface area contributed by atoms with Gasteiger partial charge in [0.2, 0.25) is 0 Å². The molecule has 1 aromatic rings. The number of hydrogen-bond donors (Lipinski definition) is 1. The Balaban J connectivity index is 1.65. The molecule has 3 atom stereocenters. The van der Waals surface area contributed by atoms with Crippen LogP contribution in [0.15, 0.2) is 17.5 Å². The van der Waals surface area contributed by atoms with E-state index in [1.165, 1.54) is 24.1 Å². The lowest BCUT2D eigenvalue weighted by Gasteiger charge is -2.37. The summed E-state index contributed by atoms with van der Waals surface area (Å²) in [6, 6.07) is 4.28. The van der Waals surface area contributed by atoms with Crippen LogP contribution >= 0.6 is 11.3 Å². The highest BCUT2D eigenvalue weighted by atomic mass is 32.1. The summed E-state index contributed by atoms with van der Waals surface area (Å²) in [4.78, 5) is 1.40. The maximum Gasteiger partial charge on any atom is 0.0608 e. The van der Waals surface area contributed by atoms with Gasteiger partial charge in [-0.2, -0.15) is 0 Å². The molecule has 0 saturated heterocycles. The lowest BCUT2D eigenvalue weighted by Crippen LogP contribution is -2.35. The zero-order valence-corrected chi connectivity index (χ0v) is 13.9. The van der Waals surface area contributed by atoms with Crippen LogP contribution in [0.4, 0.5) is 0 Å². The molecular formula is C17H29NOS. The molecule has 0 radical (unpaired) electrons. The largest absolute Gasteiger partial charge is 0.377 e. The molecule has 1 heterocycles. The highest BCUT2D eigenvalue weighted by Crippen LogP contribution is 2.35. The summed E-state index contributed by atoms with van der Waals surface area (Å²) in [5, 5.41) is 5.60. The van der Waals surface area contributed by atoms with Gasteiger partial charge < -0.3 is 10.1 Å². The molecule has 1 fully saturated rings. The van der Waals surface area contributed by atoms with Gasteiger partial charge in [-0.05, 0) is 42.0 Å². The minimum atomic E-state index is 0.474. The molecule has 1 aliphatic rings. The zero-order valence-electron chi connectivity index (χ0n) is 13.1. The fraction of sp³-hybridized carbons (Fsp3) is 0.765. The van der Waals surface area contributed by atoms with E-state index in [-0.39, 0.29) is 0 Å². The third-order valence-electron chi connectivity index (χ3n) is 4.45. The molecule has 1 N–H and O–H groups in total. The second-order valence-electron chi connectivity index (χ2n) is 6.49. The first-order valence-electron chi connectivity index (χ1n) is 8.01. The molecular weight excluding hydrogens is 266 g/mol. The van der Waals surface area contributed by atoms with Crippen LogP contribution in [0.3, 0.4) is 0 Å². The van der Waals surface area contributed by atoms with Gasteiger partial charge in [0.25, 0.3) is 0 Å². The summed E-state index contributed by atoms with van der Waals surface area (Å²) in [7, 11) is 0. The number of thiophene rings is 1. The van der Waals surface area contributed by atoms with Crippen molar-refractivity contribution < 1.29 is 4.74 Å². The lowest BCUT2D eigenvalue weighted by molar-refractivity contribution is -0.0367. The molecule has 3 heteroatoms. The fourth-order valence-corrected chi connectivity index (χ4v) is 3.89. The minimum absolute atomic E-state index is 0.474. The molecule has 0 aromatic carbocycles. The highest BCUT2D eigenvalue weighted by molar-refractivity contribution is 7.09. The lowest BCUT2D eigenvalue weighted by atomic mass is 9.75. The predicted molar refractivity (Wildman–Crippen MR) is 87.1 cm³/mol. The molecule has 2 rings (SSSR count). The summed E-state index contributed by atoms with van der Waals surface area (Å²) in [5.74, 6) is 2.32. The van der Waals surface area contributed by atoms with Crippen molar-refractivity contribution in [2.24, 2.45) is 17.8 Å². The Hall–Kier alpha value is -0.380. The average molecular weight is 295 g/mol. The Labute approximate surface area is 127 Å². The first kappa shape index (κ1) is 16.0. The molecule has 20 heavy (non-hydrogen) atoms. The Bertz CT molecular complexity index is 363. The average Bonchev–Trinajstić information content (AvgIpc) is 2.91.